The highest BCUT2D eigenvalue weighted by Crippen LogP contribution is 2.28. The van der Waals surface area contributed by atoms with Crippen molar-refractivity contribution in [1.82, 2.24) is 15.5 Å². The molecule has 2 rings (SSSR count). The van der Waals surface area contributed by atoms with Gasteiger partial charge in [-0.3, -0.25) is 9.59 Å². The normalized spacial score (nSPS) is 12.8. The molecule has 0 aliphatic carbocycles. The molecule has 2 unspecified atom stereocenters. The average molecular weight is 570 g/mol. The van der Waals surface area contributed by atoms with Gasteiger partial charge < -0.3 is 20.3 Å². The number of nitrogens with zero attached hydrogens (tertiary/aromatic N) is 1. The van der Waals surface area contributed by atoms with Gasteiger partial charge in [-0.25, -0.2) is 4.79 Å². The van der Waals surface area contributed by atoms with Crippen LogP contribution in [0.15, 0.2) is 48.5 Å². The summed E-state index contributed by atoms with van der Waals surface area (Å²) in [5.74, 6) is -0.568. The quantitative estimate of drug-likeness (QED) is 0.185. The van der Waals surface area contributed by atoms with Gasteiger partial charge in [-0.05, 0) is 63.3 Å². The van der Waals surface area contributed by atoms with Gasteiger partial charge in [-0.2, -0.15) is 12.6 Å². The fourth-order valence-corrected chi connectivity index (χ4v) is 4.74. The van der Waals surface area contributed by atoms with Crippen LogP contribution in [-0.2, 0) is 20.9 Å². The Labute approximate surface area is 245 Å². The summed E-state index contributed by atoms with van der Waals surface area (Å²) in [6, 6.07) is 13.7. The number of unbranched alkanes of at least 4 members (excludes halogenated alkanes) is 4. The van der Waals surface area contributed by atoms with E-state index in [1.54, 1.807) is 25.7 Å². The van der Waals surface area contributed by atoms with Crippen molar-refractivity contribution < 1.29 is 19.1 Å². The Morgan fingerprint density at radius 3 is 2.25 bits per heavy atom. The second kappa shape index (κ2) is 16.3. The Kier molecular flexibility index (Phi) is 13.5. The van der Waals surface area contributed by atoms with E-state index in [0.717, 1.165) is 54.4 Å². The summed E-state index contributed by atoms with van der Waals surface area (Å²) in [5.41, 5.74) is 3.00. The van der Waals surface area contributed by atoms with Crippen LogP contribution in [0.4, 0.5) is 4.79 Å². The fourth-order valence-electron chi connectivity index (χ4n) is 4.49. The lowest BCUT2D eigenvalue weighted by Gasteiger charge is -2.35. The number of carbonyl (C=O) groups is 3. The highest BCUT2D eigenvalue weighted by Gasteiger charge is 2.36. The van der Waals surface area contributed by atoms with Crippen LogP contribution >= 0.6 is 12.6 Å². The van der Waals surface area contributed by atoms with Crippen LogP contribution in [0.3, 0.4) is 0 Å². The first-order valence-corrected chi connectivity index (χ1v) is 14.9. The van der Waals surface area contributed by atoms with Crippen molar-refractivity contribution in [3.05, 3.63) is 70.8 Å². The van der Waals surface area contributed by atoms with Crippen LogP contribution in [0, 0.1) is 13.8 Å². The molecule has 0 heterocycles. The zero-order valence-electron chi connectivity index (χ0n) is 25.0. The molecule has 0 aromatic heterocycles. The smallest absolute Gasteiger partial charge is 0.408 e. The van der Waals surface area contributed by atoms with Crippen molar-refractivity contribution in [3.8, 4) is 0 Å². The van der Waals surface area contributed by atoms with Gasteiger partial charge in [0, 0.05) is 18.8 Å². The van der Waals surface area contributed by atoms with Gasteiger partial charge >= 0.3 is 6.09 Å². The molecule has 0 fully saturated rings. The van der Waals surface area contributed by atoms with Crippen molar-refractivity contribution in [2.24, 2.45) is 0 Å². The Morgan fingerprint density at radius 2 is 1.62 bits per heavy atom. The molecule has 0 aliphatic heterocycles. The molecule has 40 heavy (non-hydrogen) atoms. The van der Waals surface area contributed by atoms with Crippen LogP contribution in [0.1, 0.15) is 88.1 Å². The molecule has 0 bridgehead atoms. The molecule has 220 valence electrons. The van der Waals surface area contributed by atoms with Gasteiger partial charge in [0.2, 0.25) is 11.8 Å². The van der Waals surface area contributed by atoms with Crippen LogP contribution < -0.4 is 10.6 Å². The highest BCUT2D eigenvalue weighted by molar-refractivity contribution is 7.80. The predicted molar refractivity (Wildman–Crippen MR) is 164 cm³/mol. The Balaban J connectivity index is 2.45. The number of hydrogen-bond acceptors (Lipinski definition) is 5. The summed E-state index contributed by atoms with van der Waals surface area (Å²) in [6.45, 7) is 12.1. The molecule has 2 atom stereocenters. The molecule has 0 saturated heterocycles. The summed E-state index contributed by atoms with van der Waals surface area (Å²) in [4.78, 5) is 42.3. The number of hydrogen-bond donors (Lipinski definition) is 3. The topological polar surface area (TPSA) is 87.7 Å². The molecule has 0 spiro atoms. The zero-order chi connectivity index (χ0) is 29.7. The summed E-state index contributed by atoms with van der Waals surface area (Å²) < 4.78 is 5.41. The monoisotopic (exact) mass is 569 g/mol. The lowest BCUT2D eigenvalue weighted by molar-refractivity contribution is -0.142. The van der Waals surface area contributed by atoms with Gasteiger partial charge in [0.15, 0.2) is 0 Å². The van der Waals surface area contributed by atoms with Crippen LogP contribution in [-0.4, -0.2) is 46.7 Å². The maximum absolute atomic E-state index is 14.1. The molecule has 8 heteroatoms. The van der Waals surface area contributed by atoms with E-state index >= 15 is 0 Å². The molecule has 0 radical (unpaired) electrons. The second-order valence-corrected chi connectivity index (χ2v) is 11.6. The van der Waals surface area contributed by atoms with Gasteiger partial charge in [0.25, 0.3) is 0 Å². The van der Waals surface area contributed by atoms with E-state index in [1.165, 1.54) is 0 Å². The molecular formula is C32H47N3O4S. The van der Waals surface area contributed by atoms with E-state index in [-0.39, 0.29) is 17.6 Å². The lowest BCUT2D eigenvalue weighted by atomic mass is 9.94. The minimum absolute atomic E-state index is 0.0650. The van der Waals surface area contributed by atoms with Gasteiger partial charge in [0.05, 0.1) is 0 Å². The number of carbonyl (C=O) groups excluding carboxylic acids is 3. The maximum Gasteiger partial charge on any atom is 0.408 e. The largest absolute Gasteiger partial charge is 0.444 e. The number of ether oxygens (including phenoxy) is 1. The Morgan fingerprint density at radius 1 is 0.950 bits per heavy atom. The highest BCUT2D eigenvalue weighted by atomic mass is 32.1. The Hall–Kier alpha value is -3.00. The SMILES string of the molecule is CCCCCCCN(C(=O)C(CS)NC(=O)OC(C)(C)C)C(C(=O)NCc1ccccc1)c1cccc(C)c1C. The van der Waals surface area contributed by atoms with Crippen LogP contribution in [0.2, 0.25) is 0 Å². The molecular weight excluding hydrogens is 522 g/mol. The third-order valence-electron chi connectivity index (χ3n) is 6.77. The minimum atomic E-state index is -0.955. The average Bonchev–Trinajstić information content (AvgIpc) is 2.91. The molecule has 0 saturated carbocycles. The molecule has 2 aromatic carbocycles. The van der Waals surface area contributed by atoms with E-state index in [0.29, 0.717) is 13.1 Å². The van der Waals surface area contributed by atoms with E-state index in [4.69, 9.17) is 4.74 Å². The number of nitrogens with one attached hydrogen (secondary N) is 2. The van der Waals surface area contributed by atoms with Crippen molar-refractivity contribution >= 4 is 30.5 Å². The van der Waals surface area contributed by atoms with Gasteiger partial charge in [-0.1, -0.05) is 81.1 Å². The van der Waals surface area contributed by atoms with Gasteiger partial charge in [0.1, 0.15) is 17.7 Å². The van der Waals surface area contributed by atoms with E-state index < -0.39 is 23.8 Å². The standard InChI is InChI=1S/C32H47N3O4S/c1-7-8-9-10-14-20-35(30(37)27(22-40)34-31(38)39-32(4,5)6)28(26-19-15-16-23(2)24(26)3)29(36)33-21-25-17-12-11-13-18-25/h11-13,15-19,27-28,40H,7-10,14,20-22H2,1-6H3,(H,33,36)(H,34,38). The van der Waals surface area contributed by atoms with E-state index in [1.807, 2.05) is 62.4 Å². The first kappa shape index (κ1) is 33.2. The lowest BCUT2D eigenvalue weighted by Crippen LogP contribution is -2.54. The third-order valence-corrected chi connectivity index (χ3v) is 7.13. The third kappa shape index (κ3) is 10.5. The summed E-state index contributed by atoms with van der Waals surface area (Å²) >= 11 is 4.39. The summed E-state index contributed by atoms with van der Waals surface area (Å²) in [6.07, 6.45) is 4.26. The molecule has 3 amide bonds. The number of rotatable bonds is 14. The molecule has 2 N–H and O–H groups in total. The number of benzene rings is 2. The molecule has 2 aromatic rings. The fraction of sp³-hybridized carbons (Fsp3) is 0.531. The van der Waals surface area contributed by atoms with E-state index in [2.05, 4.69) is 30.2 Å². The maximum atomic E-state index is 14.1. The van der Waals surface area contributed by atoms with Crippen molar-refractivity contribution in [1.29, 1.82) is 0 Å². The Bertz CT molecular complexity index is 1100. The first-order valence-electron chi connectivity index (χ1n) is 14.3. The van der Waals surface area contributed by atoms with Crippen molar-refractivity contribution in [3.63, 3.8) is 0 Å². The summed E-state index contributed by atoms with van der Waals surface area (Å²) in [7, 11) is 0. The van der Waals surface area contributed by atoms with Crippen molar-refractivity contribution in [2.45, 2.75) is 97.9 Å². The zero-order valence-corrected chi connectivity index (χ0v) is 25.9. The number of thiol groups is 1. The summed E-state index contributed by atoms with van der Waals surface area (Å²) in [5, 5.41) is 5.74. The van der Waals surface area contributed by atoms with E-state index in [9.17, 15) is 14.4 Å². The second-order valence-electron chi connectivity index (χ2n) is 11.2. The first-order chi connectivity index (χ1) is 19.0. The molecule has 0 aliphatic rings. The van der Waals surface area contributed by atoms with Crippen LogP contribution in [0.5, 0.6) is 0 Å². The minimum Gasteiger partial charge on any atom is -0.444 e. The molecule has 7 nitrogen and oxygen atoms in total. The van der Waals surface area contributed by atoms with Gasteiger partial charge in [-0.15, -0.1) is 0 Å². The predicted octanol–water partition coefficient (Wildman–Crippen LogP) is 6.28. The van der Waals surface area contributed by atoms with Crippen molar-refractivity contribution in [2.75, 3.05) is 12.3 Å². The number of aryl methyl sites for hydroxylation is 1. The van der Waals surface area contributed by atoms with Crippen LogP contribution in [0.25, 0.3) is 0 Å². The number of amides is 3. The number of alkyl carbamates (subject to hydrolysis) is 1.